The van der Waals surface area contributed by atoms with Gasteiger partial charge in [-0.1, -0.05) is 30.3 Å². The van der Waals surface area contributed by atoms with Crippen molar-refractivity contribution in [2.45, 2.75) is 31.0 Å². The Bertz CT molecular complexity index is 489. The Kier molecular flexibility index (Phi) is 3.67. The van der Waals surface area contributed by atoms with Crippen LogP contribution in [-0.4, -0.2) is 19.3 Å². The molecule has 0 spiro atoms. The van der Waals surface area contributed by atoms with Crippen molar-refractivity contribution in [1.29, 1.82) is 0 Å². The van der Waals surface area contributed by atoms with Gasteiger partial charge in [0.05, 0.1) is 18.4 Å². The topological polar surface area (TPSA) is 34.4 Å². The van der Waals surface area contributed by atoms with E-state index < -0.39 is 0 Å². The molecule has 0 saturated heterocycles. The van der Waals surface area contributed by atoms with E-state index >= 15 is 0 Å². The van der Waals surface area contributed by atoms with Crippen molar-refractivity contribution in [2.75, 3.05) is 7.11 Å². The SMILES string of the molecule is COC1CC(NC(c2ccccc2)c2ccco2)C1. The first-order valence-corrected chi connectivity index (χ1v) is 6.74. The average Bonchev–Trinajstić information content (AvgIpc) is 2.92. The molecule has 1 saturated carbocycles. The Hall–Kier alpha value is -1.58. The summed E-state index contributed by atoms with van der Waals surface area (Å²) in [5.41, 5.74) is 1.23. The summed E-state index contributed by atoms with van der Waals surface area (Å²) in [7, 11) is 1.78. The molecule has 1 fully saturated rings. The summed E-state index contributed by atoms with van der Waals surface area (Å²) < 4.78 is 10.9. The third-order valence-corrected chi connectivity index (χ3v) is 3.79. The van der Waals surface area contributed by atoms with Crippen LogP contribution in [0.25, 0.3) is 0 Å². The minimum Gasteiger partial charge on any atom is -0.467 e. The third kappa shape index (κ3) is 2.72. The third-order valence-electron chi connectivity index (χ3n) is 3.79. The van der Waals surface area contributed by atoms with Gasteiger partial charge in [0.25, 0.3) is 0 Å². The molecule has 19 heavy (non-hydrogen) atoms. The van der Waals surface area contributed by atoms with Crippen molar-refractivity contribution in [3.8, 4) is 0 Å². The van der Waals surface area contributed by atoms with E-state index in [4.69, 9.17) is 9.15 Å². The summed E-state index contributed by atoms with van der Waals surface area (Å²) in [4.78, 5) is 0. The number of furan rings is 1. The van der Waals surface area contributed by atoms with E-state index in [0.29, 0.717) is 12.1 Å². The van der Waals surface area contributed by atoms with Crippen molar-refractivity contribution in [1.82, 2.24) is 5.32 Å². The molecule has 1 heterocycles. The highest BCUT2D eigenvalue weighted by Crippen LogP contribution is 2.29. The van der Waals surface area contributed by atoms with Gasteiger partial charge in [0.15, 0.2) is 0 Å². The summed E-state index contributed by atoms with van der Waals surface area (Å²) in [5.74, 6) is 0.965. The van der Waals surface area contributed by atoms with Gasteiger partial charge in [0.1, 0.15) is 5.76 Å². The smallest absolute Gasteiger partial charge is 0.125 e. The van der Waals surface area contributed by atoms with Crippen LogP contribution in [0.2, 0.25) is 0 Å². The maximum Gasteiger partial charge on any atom is 0.125 e. The second-order valence-corrected chi connectivity index (χ2v) is 5.05. The molecule has 0 aliphatic heterocycles. The minimum absolute atomic E-state index is 0.124. The fraction of sp³-hybridized carbons (Fsp3) is 0.375. The number of benzene rings is 1. The van der Waals surface area contributed by atoms with Gasteiger partial charge in [0.2, 0.25) is 0 Å². The van der Waals surface area contributed by atoms with Crippen LogP contribution in [0, 0.1) is 0 Å². The van der Waals surface area contributed by atoms with Crippen molar-refractivity contribution in [2.24, 2.45) is 0 Å². The zero-order chi connectivity index (χ0) is 13.1. The van der Waals surface area contributed by atoms with E-state index in [1.165, 1.54) is 5.56 Å². The Balaban J connectivity index is 1.75. The highest BCUT2D eigenvalue weighted by Gasteiger charge is 2.31. The fourth-order valence-corrected chi connectivity index (χ4v) is 2.57. The first-order chi connectivity index (χ1) is 9.36. The predicted octanol–water partition coefficient (Wildman–Crippen LogP) is 3.14. The van der Waals surface area contributed by atoms with E-state index in [1.54, 1.807) is 13.4 Å². The Morgan fingerprint density at radius 1 is 1.16 bits per heavy atom. The van der Waals surface area contributed by atoms with Crippen LogP contribution in [0.5, 0.6) is 0 Å². The second-order valence-electron chi connectivity index (χ2n) is 5.05. The minimum atomic E-state index is 0.124. The molecule has 1 unspecified atom stereocenters. The van der Waals surface area contributed by atoms with E-state index in [0.717, 1.165) is 18.6 Å². The zero-order valence-electron chi connectivity index (χ0n) is 11.1. The molecule has 3 rings (SSSR count). The lowest BCUT2D eigenvalue weighted by molar-refractivity contribution is 0.0147. The highest BCUT2D eigenvalue weighted by molar-refractivity contribution is 5.26. The summed E-state index contributed by atoms with van der Waals surface area (Å²) in [6, 6.07) is 15.0. The van der Waals surface area contributed by atoms with Crippen LogP contribution < -0.4 is 5.32 Å². The molecular weight excluding hydrogens is 238 g/mol. The molecule has 1 aliphatic rings. The van der Waals surface area contributed by atoms with Crippen molar-refractivity contribution < 1.29 is 9.15 Å². The molecule has 0 bridgehead atoms. The normalized spacial score (nSPS) is 23.8. The van der Waals surface area contributed by atoms with E-state index in [-0.39, 0.29) is 6.04 Å². The molecule has 1 aromatic heterocycles. The van der Waals surface area contributed by atoms with Crippen LogP contribution in [0.4, 0.5) is 0 Å². The van der Waals surface area contributed by atoms with Crippen LogP contribution >= 0.6 is 0 Å². The summed E-state index contributed by atoms with van der Waals surface area (Å²) in [6.45, 7) is 0. The van der Waals surface area contributed by atoms with E-state index in [1.807, 2.05) is 18.2 Å². The number of rotatable bonds is 5. The van der Waals surface area contributed by atoms with Crippen LogP contribution in [0.15, 0.2) is 53.1 Å². The Morgan fingerprint density at radius 3 is 2.58 bits per heavy atom. The number of hydrogen-bond donors (Lipinski definition) is 1. The predicted molar refractivity (Wildman–Crippen MR) is 73.9 cm³/mol. The molecule has 1 aliphatic carbocycles. The molecule has 1 atom stereocenters. The lowest BCUT2D eigenvalue weighted by Crippen LogP contribution is -2.46. The van der Waals surface area contributed by atoms with Gasteiger partial charge < -0.3 is 14.5 Å². The van der Waals surface area contributed by atoms with Crippen molar-refractivity contribution in [3.63, 3.8) is 0 Å². The molecule has 2 aromatic rings. The first kappa shape index (κ1) is 12.5. The fourth-order valence-electron chi connectivity index (χ4n) is 2.57. The zero-order valence-corrected chi connectivity index (χ0v) is 11.1. The van der Waals surface area contributed by atoms with Crippen molar-refractivity contribution >= 4 is 0 Å². The molecule has 0 radical (unpaired) electrons. The Morgan fingerprint density at radius 2 is 1.95 bits per heavy atom. The molecule has 1 aromatic carbocycles. The molecule has 100 valence electrons. The molecule has 3 heteroatoms. The molecule has 1 N–H and O–H groups in total. The second kappa shape index (κ2) is 5.59. The van der Waals surface area contributed by atoms with E-state index in [9.17, 15) is 0 Å². The van der Waals surface area contributed by atoms with Gasteiger partial charge in [0, 0.05) is 13.2 Å². The largest absolute Gasteiger partial charge is 0.467 e. The molecular formula is C16H19NO2. The van der Waals surface area contributed by atoms with E-state index in [2.05, 4.69) is 29.6 Å². The maximum atomic E-state index is 5.58. The van der Waals surface area contributed by atoms with Crippen LogP contribution in [0.1, 0.15) is 30.2 Å². The summed E-state index contributed by atoms with van der Waals surface area (Å²) in [5, 5.41) is 3.66. The van der Waals surface area contributed by atoms with Gasteiger partial charge in [-0.3, -0.25) is 0 Å². The lowest BCUT2D eigenvalue weighted by atomic mass is 9.87. The van der Waals surface area contributed by atoms with Gasteiger partial charge in [-0.2, -0.15) is 0 Å². The van der Waals surface area contributed by atoms with Gasteiger partial charge in [-0.05, 0) is 30.5 Å². The van der Waals surface area contributed by atoms with Crippen LogP contribution in [-0.2, 0) is 4.74 Å². The number of methoxy groups -OCH3 is 1. The number of ether oxygens (including phenoxy) is 1. The summed E-state index contributed by atoms with van der Waals surface area (Å²) in [6.07, 6.45) is 4.28. The number of hydrogen-bond acceptors (Lipinski definition) is 3. The van der Waals surface area contributed by atoms with Gasteiger partial charge in [-0.15, -0.1) is 0 Å². The Labute approximate surface area is 113 Å². The quantitative estimate of drug-likeness (QED) is 0.893. The monoisotopic (exact) mass is 257 g/mol. The maximum absolute atomic E-state index is 5.58. The standard InChI is InChI=1S/C16H19NO2/c1-18-14-10-13(11-14)17-16(15-8-5-9-19-15)12-6-3-2-4-7-12/h2-9,13-14,16-17H,10-11H2,1H3. The van der Waals surface area contributed by atoms with Crippen molar-refractivity contribution in [3.05, 3.63) is 60.1 Å². The highest BCUT2D eigenvalue weighted by atomic mass is 16.5. The first-order valence-electron chi connectivity index (χ1n) is 6.74. The number of nitrogens with one attached hydrogen (secondary N) is 1. The lowest BCUT2D eigenvalue weighted by Gasteiger charge is -2.37. The summed E-state index contributed by atoms with van der Waals surface area (Å²) >= 11 is 0. The molecule has 0 amide bonds. The van der Waals surface area contributed by atoms with Crippen LogP contribution in [0.3, 0.4) is 0 Å². The van der Waals surface area contributed by atoms with Gasteiger partial charge in [-0.25, -0.2) is 0 Å². The average molecular weight is 257 g/mol. The molecule has 3 nitrogen and oxygen atoms in total. The van der Waals surface area contributed by atoms with Gasteiger partial charge >= 0.3 is 0 Å².